The van der Waals surface area contributed by atoms with E-state index in [4.69, 9.17) is 11.6 Å². The molecule has 0 aliphatic carbocycles. The van der Waals surface area contributed by atoms with Gasteiger partial charge in [-0.25, -0.2) is 8.42 Å². The first-order valence-corrected chi connectivity index (χ1v) is 11.1. The molecule has 0 atom stereocenters. The zero-order valence-electron chi connectivity index (χ0n) is 15.7. The maximum Gasteiger partial charge on any atom is 0.251 e. The lowest BCUT2D eigenvalue weighted by Gasteiger charge is -2.22. The Kier molecular flexibility index (Phi) is 6.51. The zero-order chi connectivity index (χ0) is 20.9. The second-order valence-electron chi connectivity index (χ2n) is 6.45. The smallest absolute Gasteiger partial charge is 0.251 e. The molecule has 0 unspecified atom stereocenters. The fraction of sp³-hybridized carbons (Fsp3) is 0.143. The molecule has 6 nitrogen and oxygen atoms in total. The molecule has 1 heterocycles. The molecule has 0 radical (unpaired) electrons. The Morgan fingerprint density at radius 1 is 1.07 bits per heavy atom. The van der Waals surface area contributed by atoms with E-state index in [1.807, 2.05) is 18.2 Å². The summed E-state index contributed by atoms with van der Waals surface area (Å²) in [6.45, 7) is 0.465. The number of anilines is 1. The van der Waals surface area contributed by atoms with Crippen LogP contribution in [-0.2, 0) is 23.1 Å². The van der Waals surface area contributed by atoms with Crippen LogP contribution in [0.4, 0.5) is 5.69 Å². The highest BCUT2D eigenvalue weighted by atomic mass is 35.5. The molecule has 29 heavy (non-hydrogen) atoms. The van der Waals surface area contributed by atoms with E-state index in [0.29, 0.717) is 22.8 Å². The van der Waals surface area contributed by atoms with E-state index < -0.39 is 10.0 Å². The summed E-state index contributed by atoms with van der Waals surface area (Å²) in [5, 5.41) is 3.26. The summed E-state index contributed by atoms with van der Waals surface area (Å²) < 4.78 is 25.8. The van der Waals surface area contributed by atoms with E-state index in [1.54, 1.807) is 54.7 Å². The SMILES string of the molecule is CS(=O)(=O)N(Cc1ccc(C(=O)NCc2ccccn2)cc1)c1cccc(Cl)c1. The van der Waals surface area contributed by atoms with Gasteiger partial charge in [0.2, 0.25) is 10.0 Å². The average molecular weight is 430 g/mol. The number of hydrogen-bond acceptors (Lipinski definition) is 4. The van der Waals surface area contributed by atoms with Gasteiger partial charge in [-0.05, 0) is 48.0 Å². The Labute approximate surface area is 175 Å². The normalized spacial score (nSPS) is 11.1. The number of pyridine rings is 1. The third kappa shape index (κ3) is 5.79. The van der Waals surface area contributed by atoms with E-state index >= 15 is 0 Å². The number of benzene rings is 2. The molecule has 0 fully saturated rings. The van der Waals surface area contributed by atoms with Crippen molar-refractivity contribution in [2.75, 3.05) is 10.6 Å². The molecule has 3 aromatic rings. The van der Waals surface area contributed by atoms with Gasteiger partial charge in [0.15, 0.2) is 0 Å². The number of sulfonamides is 1. The van der Waals surface area contributed by atoms with Crippen molar-refractivity contribution in [2.24, 2.45) is 0 Å². The van der Waals surface area contributed by atoms with Gasteiger partial charge >= 0.3 is 0 Å². The standard InChI is InChI=1S/C21H20ClN3O3S/c1-29(27,28)25(20-7-4-5-18(22)13-20)15-16-8-10-17(11-9-16)21(26)24-14-19-6-2-3-12-23-19/h2-13H,14-15H2,1H3,(H,24,26). The van der Waals surface area contributed by atoms with E-state index in [-0.39, 0.29) is 12.5 Å². The van der Waals surface area contributed by atoms with E-state index in [0.717, 1.165) is 17.5 Å². The first-order chi connectivity index (χ1) is 13.8. The lowest BCUT2D eigenvalue weighted by Crippen LogP contribution is -2.29. The van der Waals surface area contributed by atoms with Crippen LogP contribution >= 0.6 is 11.6 Å². The molecule has 0 spiro atoms. The summed E-state index contributed by atoms with van der Waals surface area (Å²) >= 11 is 6.00. The summed E-state index contributed by atoms with van der Waals surface area (Å²) in [4.78, 5) is 16.5. The van der Waals surface area contributed by atoms with Crippen LogP contribution in [0.15, 0.2) is 72.9 Å². The summed E-state index contributed by atoms with van der Waals surface area (Å²) in [6, 6.07) is 19.0. The Morgan fingerprint density at radius 2 is 1.83 bits per heavy atom. The number of halogens is 1. The molecule has 1 amide bonds. The van der Waals surface area contributed by atoms with Crippen LogP contribution in [0.5, 0.6) is 0 Å². The molecule has 0 saturated carbocycles. The van der Waals surface area contributed by atoms with Crippen LogP contribution < -0.4 is 9.62 Å². The molecule has 0 aliphatic rings. The average Bonchev–Trinajstić information content (AvgIpc) is 2.70. The number of carbonyl (C=O) groups excluding carboxylic acids is 1. The second-order valence-corrected chi connectivity index (χ2v) is 8.79. The predicted molar refractivity (Wildman–Crippen MR) is 114 cm³/mol. The lowest BCUT2D eigenvalue weighted by molar-refractivity contribution is 0.0950. The first kappa shape index (κ1) is 20.8. The fourth-order valence-corrected chi connectivity index (χ4v) is 3.80. The molecule has 0 aliphatic heterocycles. The molecule has 0 bridgehead atoms. The third-order valence-corrected chi connectivity index (χ3v) is 5.57. The summed E-state index contributed by atoms with van der Waals surface area (Å²) in [5.74, 6) is -0.225. The van der Waals surface area contributed by atoms with Gasteiger partial charge in [0, 0.05) is 16.8 Å². The quantitative estimate of drug-likeness (QED) is 0.622. The van der Waals surface area contributed by atoms with Crippen molar-refractivity contribution in [3.8, 4) is 0 Å². The summed E-state index contributed by atoms with van der Waals surface area (Å²) in [7, 11) is -3.51. The number of carbonyl (C=O) groups is 1. The maximum atomic E-state index is 12.3. The Morgan fingerprint density at radius 3 is 2.45 bits per heavy atom. The highest BCUT2D eigenvalue weighted by Crippen LogP contribution is 2.24. The van der Waals surface area contributed by atoms with E-state index in [2.05, 4.69) is 10.3 Å². The van der Waals surface area contributed by atoms with Crippen LogP contribution in [0, 0.1) is 0 Å². The van der Waals surface area contributed by atoms with Crippen molar-refractivity contribution in [3.63, 3.8) is 0 Å². The van der Waals surface area contributed by atoms with Crippen LogP contribution in [-0.4, -0.2) is 25.6 Å². The topological polar surface area (TPSA) is 79.4 Å². The van der Waals surface area contributed by atoms with Gasteiger partial charge in [0.25, 0.3) is 5.91 Å². The van der Waals surface area contributed by atoms with Gasteiger partial charge in [0.1, 0.15) is 0 Å². The largest absolute Gasteiger partial charge is 0.346 e. The molecular weight excluding hydrogens is 410 g/mol. The van der Waals surface area contributed by atoms with Crippen LogP contribution in [0.3, 0.4) is 0 Å². The third-order valence-electron chi connectivity index (χ3n) is 4.20. The Bertz CT molecular complexity index is 1090. The Balaban J connectivity index is 1.70. The number of nitrogens with zero attached hydrogens (tertiary/aromatic N) is 2. The van der Waals surface area contributed by atoms with E-state index in [9.17, 15) is 13.2 Å². The number of rotatable bonds is 7. The zero-order valence-corrected chi connectivity index (χ0v) is 17.3. The van der Waals surface area contributed by atoms with Gasteiger partial charge in [-0.3, -0.25) is 14.1 Å². The fourth-order valence-electron chi connectivity index (χ4n) is 2.73. The number of aromatic nitrogens is 1. The Hall–Kier alpha value is -2.90. The summed E-state index contributed by atoms with van der Waals surface area (Å²) in [6.07, 6.45) is 2.82. The maximum absolute atomic E-state index is 12.3. The van der Waals surface area contributed by atoms with Crippen LogP contribution in [0.25, 0.3) is 0 Å². The molecule has 8 heteroatoms. The predicted octanol–water partition coefficient (Wildman–Crippen LogP) is 3.63. The van der Waals surface area contributed by atoms with Gasteiger partial charge in [-0.15, -0.1) is 0 Å². The minimum atomic E-state index is -3.51. The van der Waals surface area contributed by atoms with Crippen molar-refractivity contribution in [1.29, 1.82) is 0 Å². The van der Waals surface area contributed by atoms with Crippen molar-refractivity contribution in [3.05, 3.63) is 94.8 Å². The lowest BCUT2D eigenvalue weighted by atomic mass is 10.1. The molecule has 0 saturated heterocycles. The number of hydrogen-bond donors (Lipinski definition) is 1. The first-order valence-electron chi connectivity index (χ1n) is 8.83. The van der Waals surface area contributed by atoms with Crippen molar-refractivity contribution >= 4 is 33.2 Å². The molecule has 150 valence electrons. The monoisotopic (exact) mass is 429 g/mol. The van der Waals surface area contributed by atoms with Crippen LogP contribution in [0.2, 0.25) is 5.02 Å². The highest BCUT2D eigenvalue weighted by Gasteiger charge is 2.18. The number of amides is 1. The molecule has 1 aromatic heterocycles. The van der Waals surface area contributed by atoms with Gasteiger partial charge in [-0.1, -0.05) is 35.9 Å². The van der Waals surface area contributed by atoms with Gasteiger partial charge < -0.3 is 5.32 Å². The minimum Gasteiger partial charge on any atom is -0.346 e. The van der Waals surface area contributed by atoms with Crippen molar-refractivity contribution < 1.29 is 13.2 Å². The minimum absolute atomic E-state index is 0.134. The second kappa shape index (κ2) is 9.07. The highest BCUT2D eigenvalue weighted by molar-refractivity contribution is 7.92. The molecule has 3 rings (SSSR count). The van der Waals surface area contributed by atoms with Crippen LogP contribution in [0.1, 0.15) is 21.6 Å². The molecule has 2 aromatic carbocycles. The van der Waals surface area contributed by atoms with Crippen molar-refractivity contribution in [2.45, 2.75) is 13.1 Å². The molecular formula is C21H20ClN3O3S. The van der Waals surface area contributed by atoms with Crippen molar-refractivity contribution in [1.82, 2.24) is 10.3 Å². The molecule has 1 N–H and O–H groups in total. The van der Waals surface area contributed by atoms with Gasteiger partial charge in [-0.2, -0.15) is 0 Å². The van der Waals surface area contributed by atoms with Gasteiger partial charge in [0.05, 0.1) is 30.7 Å². The van der Waals surface area contributed by atoms with E-state index in [1.165, 1.54) is 4.31 Å². The summed E-state index contributed by atoms with van der Waals surface area (Å²) in [5.41, 5.74) is 2.48. The number of nitrogens with one attached hydrogen (secondary N) is 1.